The minimum absolute atomic E-state index is 1.30. The molecule has 0 radical (unpaired) electrons. The zero-order chi connectivity index (χ0) is 17.8. The Morgan fingerprint density at radius 3 is 1.60 bits per heavy atom. The summed E-state index contributed by atoms with van der Waals surface area (Å²) in [5.74, 6) is 0. The zero-order valence-corrected chi connectivity index (χ0v) is 19.7. The fraction of sp³-hybridized carbons (Fsp3) is 0.667. The molecule has 2 aliphatic carbocycles. The van der Waals surface area contributed by atoms with Crippen molar-refractivity contribution in [2.24, 2.45) is 0 Å². The molecule has 0 fully saturated rings. The van der Waals surface area contributed by atoms with Crippen LogP contribution < -0.4 is 0 Å². The summed E-state index contributed by atoms with van der Waals surface area (Å²) in [7, 11) is 0. The molecule has 0 nitrogen and oxygen atoms in total. The van der Waals surface area contributed by atoms with Crippen molar-refractivity contribution in [3.8, 4) is 0 Å². The van der Waals surface area contributed by atoms with Gasteiger partial charge in [0.15, 0.2) is 0 Å². The van der Waals surface area contributed by atoms with E-state index in [1.54, 1.807) is 11.1 Å². The third-order valence-electron chi connectivity index (χ3n) is 5.90. The second kappa shape index (κ2) is 12.2. The second-order valence-electron chi connectivity index (χ2n) is 8.16. The summed E-state index contributed by atoms with van der Waals surface area (Å²) in [5, 5.41) is 0. The summed E-state index contributed by atoms with van der Waals surface area (Å²) in [5.41, 5.74) is 3.26. The first-order valence-corrected chi connectivity index (χ1v) is 18.4. The van der Waals surface area contributed by atoms with Crippen LogP contribution in [0.15, 0.2) is 43.6 Å². The molecule has 0 heterocycles. The van der Waals surface area contributed by atoms with Crippen LogP contribution >= 0.6 is 0 Å². The van der Waals surface area contributed by atoms with Crippen LogP contribution in [0.25, 0.3) is 0 Å². The van der Waals surface area contributed by atoms with E-state index in [-0.39, 0.29) is 0 Å². The minimum atomic E-state index is -2.33. The molecule has 25 heavy (non-hydrogen) atoms. The van der Waals surface area contributed by atoms with Gasteiger partial charge in [-0.1, -0.05) is 0 Å². The predicted molar refractivity (Wildman–Crippen MR) is 117 cm³/mol. The van der Waals surface area contributed by atoms with Crippen LogP contribution in [0.4, 0.5) is 0 Å². The van der Waals surface area contributed by atoms with Crippen LogP contribution in [0.5, 0.6) is 0 Å². The normalized spacial score (nSPS) is 19.4. The predicted octanol–water partition coefficient (Wildman–Crippen LogP) is 8.23. The Hall–Kier alpha value is -0.241. The molecule has 0 aromatic carbocycles. The zero-order valence-electron chi connectivity index (χ0n) is 16.9. The standard InChI is InChI=1S/2C8H11.2C4H9.Sn/c2*1-2-8-6-4-3-5-7-8;2*1-3-4-2;/h2*1-2,6H,3-5,7H2;2*1,3-4H2,2H3;. The molecule has 0 atom stereocenters. The molecule has 0 spiro atoms. The van der Waals surface area contributed by atoms with Crippen molar-refractivity contribution in [2.75, 3.05) is 0 Å². The van der Waals surface area contributed by atoms with Gasteiger partial charge in [0.2, 0.25) is 0 Å². The first-order valence-electron chi connectivity index (χ1n) is 11.0. The Morgan fingerprint density at radius 2 is 1.24 bits per heavy atom. The molecule has 0 unspecified atom stereocenters. The van der Waals surface area contributed by atoms with Crippen LogP contribution in [0.3, 0.4) is 0 Å². The molecule has 0 bridgehead atoms. The molecular formula is C24H40Sn. The van der Waals surface area contributed by atoms with Crippen molar-refractivity contribution in [1.29, 1.82) is 0 Å². The second-order valence-corrected chi connectivity index (χ2v) is 20.0. The van der Waals surface area contributed by atoms with Crippen molar-refractivity contribution in [1.82, 2.24) is 0 Å². The molecule has 0 saturated heterocycles. The summed E-state index contributed by atoms with van der Waals surface area (Å²) in [6.45, 7) is 4.72. The van der Waals surface area contributed by atoms with E-state index in [2.05, 4.69) is 46.3 Å². The number of allylic oxidation sites excluding steroid dienone is 6. The molecule has 0 saturated carbocycles. The SMILES string of the molecule is CCC[CH2][Sn](/[CH]=C\C1=CCCCC1)(/[CH]=C\C1=CCCCC1)[CH2]CCC. The van der Waals surface area contributed by atoms with E-state index in [1.807, 2.05) is 0 Å². The topological polar surface area (TPSA) is 0 Å². The quantitative estimate of drug-likeness (QED) is 0.296. The van der Waals surface area contributed by atoms with E-state index in [1.165, 1.54) is 85.9 Å². The van der Waals surface area contributed by atoms with Gasteiger partial charge < -0.3 is 0 Å². The van der Waals surface area contributed by atoms with Crippen LogP contribution in [0.2, 0.25) is 8.87 Å². The maximum absolute atomic E-state index is 2.79. The average molecular weight is 447 g/mol. The van der Waals surface area contributed by atoms with E-state index >= 15 is 0 Å². The molecule has 0 aliphatic heterocycles. The van der Waals surface area contributed by atoms with Crippen molar-refractivity contribution in [3.63, 3.8) is 0 Å². The van der Waals surface area contributed by atoms with E-state index < -0.39 is 18.4 Å². The molecule has 0 aromatic heterocycles. The average Bonchev–Trinajstić information content (AvgIpc) is 2.68. The Labute approximate surface area is 161 Å². The first kappa shape index (κ1) is 21.1. The monoisotopic (exact) mass is 448 g/mol. The van der Waals surface area contributed by atoms with Gasteiger partial charge in [-0.05, 0) is 0 Å². The van der Waals surface area contributed by atoms with Gasteiger partial charge >= 0.3 is 162 Å². The van der Waals surface area contributed by atoms with Crippen molar-refractivity contribution in [2.45, 2.75) is 99.8 Å². The van der Waals surface area contributed by atoms with E-state index in [0.29, 0.717) is 0 Å². The fourth-order valence-electron chi connectivity index (χ4n) is 4.10. The van der Waals surface area contributed by atoms with Gasteiger partial charge in [-0.2, -0.15) is 0 Å². The molecule has 0 amide bonds. The van der Waals surface area contributed by atoms with Crippen LogP contribution in [-0.2, 0) is 0 Å². The number of hydrogen-bond donors (Lipinski definition) is 0. The third-order valence-corrected chi connectivity index (χ3v) is 18.0. The van der Waals surface area contributed by atoms with Gasteiger partial charge in [-0.3, -0.25) is 0 Å². The van der Waals surface area contributed by atoms with Crippen LogP contribution in [-0.4, -0.2) is 18.4 Å². The van der Waals surface area contributed by atoms with Crippen molar-refractivity contribution in [3.05, 3.63) is 43.6 Å². The Kier molecular flexibility index (Phi) is 10.3. The molecule has 140 valence electrons. The summed E-state index contributed by atoms with van der Waals surface area (Å²) in [4.78, 5) is 0. The maximum atomic E-state index is 2.79. The Morgan fingerprint density at radius 1 is 0.760 bits per heavy atom. The summed E-state index contributed by atoms with van der Waals surface area (Å²) >= 11 is -2.33. The Bertz CT molecular complexity index is 446. The number of unbranched alkanes of at least 4 members (excludes halogenated alkanes) is 2. The molecule has 0 aromatic rings. The Balaban J connectivity index is 2.18. The van der Waals surface area contributed by atoms with Crippen LogP contribution in [0.1, 0.15) is 90.9 Å². The van der Waals surface area contributed by atoms with Crippen molar-refractivity contribution >= 4 is 18.4 Å². The van der Waals surface area contributed by atoms with Gasteiger partial charge in [0, 0.05) is 0 Å². The van der Waals surface area contributed by atoms with E-state index in [0.717, 1.165) is 0 Å². The molecule has 2 rings (SSSR count). The van der Waals surface area contributed by atoms with Crippen LogP contribution in [0, 0.1) is 0 Å². The van der Waals surface area contributed by atoms with E-state index in [4.69, 9.17) is 0 Å². The van der Waals surface area contributed by atoms with E-state index in [9.17, 15) is 0 Å². The molecular weight excluding hydrogens is 407 g/mol. The van der Waals surface area contributed by atoms with Gasteiger partial charge in [0.25, 0.3) is 0 Å². The van der Waals surface area contributed by atoms with Gasteiger partial charge in [0.05, 0.1) is 0 Å². The third kappa shape index (κ3) is 7.89. The summed E-state index contributed by atoms with van der Waals surface area (Å²) in [6.07, 6.45) is 26.5. The summed E-state index contributed by atoms with van der Waals surface area (Å²) < 4.78 is 8.60. The number of rotatable bonds is 10. The van der Waals surface area contributed by atoms with Gasteiger partial charge in [-0.15, -0.1) is 0 Å². The van der Waals surface area contributed by atoms with Gasteiger partial charge in [-0.25, -0.2) is 0 Å². The fourth-order valence-corrected chi connectivity index (χ4v) is 15.9. The first-order chi connectivity index (χ1) is 12.3. The molecule has 2 aliphatic rings. The summed E-state index contributed by atoms with van der Waals surface area (Å²) in [6, 6.07) is 0. The van der Waals surface area contributed by atoms with Gasteiger partial charge in [0.1, 0.15) is 0 Å². The number of hydrogen-bond acceptors (Lipinski definition) is 0. The molecule has 0 N–H and O–H groups in total. The van der Waals surface area contributed by atoms with Crippen molar-refractivity contribution < 1.29 is 0 Å². The molecule has 1 heteroatoms.